The molecule has 0 radical (unpaired) electrons. The molecule has 5 rings (SSSR count). The summed E-state index contributed by atoms with van der Waals surface area (Å²) in [4.78, 5) is 21.2. The predicted octanol–water partition coefficient (Wildman–Crippen LogP) is 3.43. The van der Waals surface area contributed by atoms with Crippen LogP contribution in [0, 0.1) is 5.41 Å². The van der Waals surface area contributed by atoms with Gasteiger partial charge in [0.2, 0.25) is 11.7 Å². The Morgan fingerprint density at radius 3 is 2.44 bits per heavy atom. The Morgan fingerprint density at radius 2 is 1.75 bits per heavy atom. The molecule has 0 atom stereocenters. The Morgan fingerprint density at radius 1 is 1.06 bits per heavy atom. The van der Waals surface area contributed by atoms with Crippen LogP contribution in [0.2, 0.25) is 0 Å². The van der Waals surface area contributed by atoms with Crippen LogP contribution in [0.3, 0.4) is 0 Å². The molecule has 1 aliphatic carbocycles. The van der Waals surface area contributed by atoms with Gasteiger partial charge < -0.3 is 15.9 Å². The highest BCUT2D eigenvalue weighted by Crippen LogP contribution is 2.32. The lowest BCUT2D eigenvalue weighted by atomic mass is 10.1. The standard InChI is InChI=1S/C24H18N6O2/c25-13-28-21-19(26)17(22(31)20(21)27)11-16-12-18-23(30(16)15-9-5-2-6-10-15)29-24(32-18)14-7-3-1-4-8-14/h1-13,27H,26H2,(H2,25,28)/b17-11-,27-20?. The lowest BCUT2D eigenvalue weighted by molar-refractivity contribution is -0.109. The number of hydrogen-bond donors (Lipinski definition) is 3. The topological polar surface area (TPSA) is 136 Å². The molecular weight excluding hydrogens is 404 g/mol. The number of hydrogen-bond acceptors (Lipinski definition) is 6. The molecule has 0 fully saturated rings. The van der Waals surface area contributed by atoms with Gasteiger partial charge in [0.15, 0.2) is 11.2 Å². The molecule has 0 amide bonds. The van der Waals surface area contributed by atoms with Crippen molar-refractivity contribution in [2.45, 2.75) is 0 Å². The van der Waals surface area contributed by atoms with E-state index in [1.165, 1.54) is 0 Å². The zero-order chi connectivity index (χ0) is 22.2. The normalized spacial score (nSPS) is 15.7. The van der Waals surface area contributed by atoms with Crippen LogP contribution < -0.4 is 11.5 Å². The van der Waals surface area contributed by atoms with Crippen LogP contribution in [0.15, 0.2) is 93.1 Å². The molecule has 2 heterocycles. The maximum absolute atomic E-state index is 12.7. The van der Waals surface area contributed by atoms with Crippen molar-refractivity contribution in [2.75, 3.05) is 0 Å². The summed E-state index contributed by atoms with van der Waals surface area (Å²) in [5, 5.41) is 8.03. The Kier molecular flexibility index (Phi) is 4.52. The number of aliphatic imine (C=N–C) groups is 1. The number of para-hydroxylation sites is 1. The summed E-state index contributed by atoms with van der Waals surface area (Å²) < 4.78 is 7.91. The van der Waals surface area contributed by atoms with Crippen LogP contribution in [-0.2, 0) is 4.79 Å². The van der Waals surface area contributed by atoms with Crippen LogP contribution in [0.5, 0.6) is 0 Å². The van der Waals surface area contributed by atoms with Gasteiger partial charge in [0.05, 0.1) is 23.3 Å². The molecule has 5 N–H and O–H groups in total. The maximum Gasteiger partial charge on any atom is 0.228 e. The Bertz CT molecular complexity index is 1460. The van der Waals surface area contributed by atoms with Crippen LogP contribution in [0.4, 0.5) is 0 Å². The summed E-state index contributed by atoms with van der Waals surface area (Å²) in [7, 11) is 0. The van der Waals surface area contributed by atoms with Gasteiger partial charge in [-0.15, -0.1) is 0 Å². The number of ketones is 1. The van der Waals surface area contributed by atoms with E-state index in [1.54, 1.807) is 12.1 Å². The molecule has 2 aromatic heterocycles. The molecule has 0 aliphatic heterocycles. The minimum Gasteiger partial charge on any atom is -0.434 e. The van der Waals surface area contributed by atoms with Crippen molar-refractivity contribution in [3.05, 3.63) is 89.4 Å². The number of nitrogens with one attached hydrogen (secondary N) is 1. The van der Waals surface area contributed by atoms with Crippen LogP contribution in [0.25, 0.3) is 34.4 Å². The highest BCUT2D eigenvalue weighted by Gasteiger charge is 2.32. The summed E-state index contributed by atoms with van der Waals surface area (Å²) in [6.07, 6.45) is 2.64. The maximum atomic E-state index is 12.7. The van der Waals surface area contributed by atoms with E-state index in [0.29, 0.717) is 22.8 Å². The van der Waals surface area contributed by atoms with Gasteiger partial charge in [0, 0.05) is 17.3 Å². The molecular formula is C24H18N6O2. The van der Waals surface area contributed by atoms with Gasteiger partial charge in [0.25, 0.3) is 0 Å². The number of carbonyl (C=O) groups excluding carboxylic acids is 1. The number of nitrogens with zero attached hydrogens (tertiary/aromatic N) is 3. The van der Waals surface area contributed by atoms with Crippen LogP contribution in [0.1, 0.15) is 5.69 Å². The molecule has 0 saturated heterocycles. The smallest absolute Gasteiger partial charge is 0.228 e. The first-order chi connectivity index (χ1) is 15.6. The van der Waals surface area contributed by atoms with Gasteiger partial charge in [-0.05, 0) is 30.3 Å². The molecule has 156 valence electrons. The number of allylic oxidation sites excluding steroid dienone is 2. The van der Waals surface area contributed by atoms with Crippen LogP contribution >= 0.6 is 0 Å². The Hall–Kier alpha value is -4.72. The second-order valence-corrected chi connectivity index (χ2v) is 7.12. The lowest BCUT2D eigenvalue weighted by Gasteiger charge is -2.07. The van der Waals surface area contributed by atoms with E-state index in [9.17, 15) is 4.79 Å². The highest BCUT2D eigenvalue weighted by molar-refractivity contribution is 6.55. The average molecular weight is 422 g/mol. The van der Waals surface area contributed by atoms with Gasteiger partial charge in [-0.3, -0.25) is 14.8 Å². The SMILES string of the molecule is N=C1C(=O)/C(=C\c2cc3oc(-c4ccccc4)nc3n2-c2ccccc2)C(N)=C1N=CN. The summed E-state index contributed by atoms with van der Waals surface area (Å²) in [5.74, 6) is -0.0179. The van der Waals surface area contributed by atoms with Crippen molar-refractivity contribution in [1.29, 1.82) is 5.41 Å². The largest absolute Gasteiger partial charge is 0.434 e. The molecule has 2 aromatic carbocycles. The van der Waals surface area contributed by atoms with Crippen molar-refractivity contribution in [1.82, 2.24) is 9.55 Å². The second-order valence-electron chi connectivity index (χ2n) is 7.12. The zero-order valence-corrected chi connectivity index (χ0v) is 16.8. The molecule has 4 aromatic rings. The van der Waals surface area contributed by atoms with Crippen molar-refractivity contribution in [3.63, 3.8) is 0 Å². The molecule has 0 bridgehead atoms. The lowest BCUT2D eigenvalue weighted by Crippen LogP contribution is -2.10. The number of aromatic nitrogens is 2. The molecule has 0 unspecified atom stereocenters. The summed E-state index contributed by atoms with van der Waals surface area (Å²) >= 11 is 0. The molecule has 32 heavy (non-hydrogen) atoms. The van der Waals surface area contributed by atoms with E-state index in [2.05, 4.69) is 4.99 Å². The second kappa shape index (κ2) is 7.51. The fraction of sp³-hybridized carbons (Fsp3) is 0. The number of rotatable bonds is 4. The minimum absolute atomic E-state index is 0.0646. The third kappa shape index (κ3) is 3.02. The first kappa shape index (κ1) is 19.3. The van der Waals surface area contributed by atoms with E-state index in [4.69, 9.17) is 26.3 Å². The third-order valence-electron chi connectivity index (χ3n) is 5.17. The fourth-order valence-electron chi connectivity index (χ4n) is 3.68. The Balaban J connectivity index is 1.72. The van der Waals surface area contributed by atoms with E-state index in [0.717, 1.165) is 17.6 Å². The van der Waals surface area contributed by atoms with Gasteiger partial charge in [-0.25, -0.2) is 4.99 Å². The van der Waals surface area contributed by atoms with Crippen molar-refractivity contribution < 1.29 is 9.21 Å². The number of Topliss-reactive ketones (excluding diaryl/α,β-unsaturated/α-hetero) is 1. The zero-order valence-electron chi connectivity index (χ0n) is 16.8. The van der Waals surface area contributed by atoms with Gasteiger partial charge in [-0.2, -0.15) is 4.98 Å². The predicted molar refractivity (Wildman–Crippen MR) is 123 cm³/mol. The fourth-order valence-corrected chi connectivity index (χ4v) is 3.68. The molecule has 8 nitrogen and oxygen atoms in total. The molecule has 0 saturated carbocycles. The summed E-state index contributed by atoms with van der Waals surface area (Å²) in [6, 6.07) is 21.0. The number of nitrogens with two attached hydrogens (primary N) is 2. The molecule has 8 heteroatoms. The first-order valence-electron chi connectivity index (χ1n) is 9.81. The number of fused-ring (bicyclic) bond motifs is 1. The Labute approximate surface area is 182 Å². The quantitative estimate of drug-likeness (QED) is 0.263. The van der Waals surface area contributed by atoms with Crippen molar-refractivity contribution >= 4 is 35.1 Å². The van der Waals surface area contributed by atoms with E-state index in [-0.39, 0.29) is 22.7 Å². The van der Waals surface area contributed by atoms with E-state index < -0.39 is 5.78 Å². The van der Waals surface area contributed by atoms with Gasteiger partial charge in [0.1, 0.15) is 11.4 Å². The van der Waals surface area contributed by atoms with Crippen molar-refractivity contribution in [2.24, 2.45) is 16.5 Å². The minimum atomic E-state index is -0.515. The highest BCUT2D eigenvalue weighted by atomic mass is 16.3. The monoisotopic (exact) mass is 422 g/mol. The van der Waals surface area contributed by atoms with Crippen molar-refractivity contribution in [3.8, 4) is 17.1 Å². The van der Waals surface area contributed by atoms with E-state index in [1.807, 2.05) is 65.2 Å². The third-order valence-corrected chi connectivity index (χ3v) is 5.17. The summed E-state index contributed by atoms with van der Waals surface area (Å²) in [5.41, 5.74) is 15.0. The van der Waals surface area contributed by atoms with Gasteiger partial charge >= 0.3 is 0 Å². The molecule has 1 aliphatic rings. The number of carbonyl (C=O) groups is 1. The first-order valence-corrected chi connectivity index (χ1v) is 9.81. The van der Waals surface area contributed by atoms with E-state index >= 15 is 0 Å². The molecule has 0 spiro atoms. The van der Waals surface area contributed by atoms with Crippen LogP contribution in [-0.4, -0.2) is 27.4 Å². The number of benzene rings is 2. The number of oxazole rings is 1. The average Bonchev–Trinajstić information content (AvgIpc) is 3.43. The van der Waals surface area contributed by atoms with Gasteiger partial charge in [-0.1, -0.05) is 36.4 Å². The summed E-state index contributed by atoms with van der Waals surface area (Å²) in [6.45, 7) is 0.